The maximum atomic E-state index is 5.99. The Balaban J connectivity index is 2.08. The molecule has 2 N–H and O–H groups in total. The van der Waals surface area contributed by atoms with Crippen LogP contribution in [-0.4, -0.2) is 13.1 Å². The number of rotatable bonds is 3. The molecule has 0 aromatic heterocycles. The molecular weight excluding hydrogens is 184 g/mol. The fourth-order valence-corrected chi connectivity index (χ4v) is 2.14. The second-order valence-corrected chi connectivity index (χ2v) is 4.42. The van der Waals surface area contributed by atoms with Gasteiger partial charge in [0, 0.05) is 24.5 Å². The summed E-state index contributed by atoms with van der Waals surface area (Å²) < 4.78 is 0. The van der Waals surface area contributed by atoms with E-state index in [1.54, 1.807) is 0 Å². The first-order valence-corrected chi connectivity index (χ1v) is 5.88. The van der Waals surface area contributed by atoms with Gasteiger partial charge >= 0.3 is 0 Å². The van der Waals surface area contributed by atoms with E-state index in [0.29, 0.717) is 0 Å². The largest absolute Gasteiger partial charge is 0.398 e. The van der Waals surface area contributed by atoms with Crippen molar-refractivity contribution in [1.82, 2.24) is 0 Å². The number of hydrogen-bond donors (Lipinski definition) is 1. The highest BCUT2D eigenvalue weighted by Gasteiger charge is 2.25. The number of hydrogen-bond acceptors (Lipinski definition) is 2. The highest BCUT2D eigenvalue weighted by molar-refractivity contribution is 5.61. The van der Waals surface area contributed by atoms with Gasteiger partial charge in [0.15, 0.2) is 0 Å². The van der Waals surface area contributed by atoms with Crippen molar-refractivity contribution in [2.24, 2.45) is 5.92 Å². The number of anilines is 2. The van der Waals surface area contributed by atoms with E-state index < -0.39 is 0 Å². The molecule has 0 bridgehead atoms. The Kier molecular flexibility index (Phi) is 2.85. The summed E-state index contributed by atoms with van der Waals surface area (Å²) in [5, 5.41) is 0. The predicted molar refractivity (Wildman–Crippen MR) is 66.2 cm³/mol. The topological polar surface area (TPSA) is 29.3 Å². The van der Waals surface area contributed by atoms with Crippen molar-refractivity contribution in [2.45, 2.75) is 26.7 Å². The van der Waals surface area contributed by atoms with E-state index in [4.69, 9.17) is 5.73 Å². The van der Waals surface area contributed by atoms with Gasteiger partial charge in [0.05, 0.1) is 0 Å². The van der Waals surface area contributed by atoms with E-state index in [1.807, 2.05) is 0 Å². The Labute approximate surface area is 92.1 Å². The lowest BCUT2D eigenvalue weighted by molar-refractivity contribution is 0.399. The molecule has 1 aromatic carbocycles. The van der Waals surface area contributed by atoms with E-state index in [2.05, 4.69) is 36.9 Å². The fraction of sp³-hybridized carbons (Fsp3) is 0.538. The number of nitrogen functional groups attached to an aromatic ring is 1. The smallest absolute Gasteiger partial charge is 0.0387 e. The van der Waals surface area contributed by atoms with Crippen LogP contribution in [0.4, 0.5) is 11.4 Å². The Morgan fingerprint density at radius 3 is 2.60 bits per heavy atom. The molecule has 0 amide bonds. The molecule has 2 rings (SSSR count). The normalized spacial score (nSPS) is 16.5. The van der Waals surface area contributed by atoms with Gasteiger partial charge in [0.25, 0.3) is 0 Å². The van der Waals surface area contributed by atoms with Crippen molar-refractivity contribution in [3.05, 3.63) is 23.8 Å². The summed E-state index contributed by atoms with van der Waals surface area (Å²) in [6.07, 6.45) is 2.31. The van der Waals surface area contributed by atoms with Gasteiger partial charge in [-0.25, -0.2) is 0 Å². The molecule has 0 radical (unpaired) electrons. The Morgan fingerprint density at radius 1 is 1.33 bits per heavy atom. The van der Waals surface area contributed by atoms with Gasteiger partial charge in [-0.3, -0.25) is 0 Å². The van der Waals surface area contributed by atoms with Crippen LogP contribution in [-0.2, 0) is 6.42 Å². The molecule has 1 aliphatic rings. The molecule has 0 unspecified atom stereocenters. The number of nitrogens with two attached hydrogens (primary N) is 1. The van der Waals surface area contributed by atoms with Crippen LogP contribution in [0.2, 0.25) is 0 Å². The summed E-state index contributed by atoms with van der Waals surface area (Å²) in [6.45, 7) is 6.79. The van der Waals surface area contributed by atoms with Crippen LogP contribution >= 0.6 is 0 Å². The number of nitrogens with zero attached hydrogens (tertiary/aromatic N) is 1. The summed E-state index contributed by atoms with van der Waals surface area (Å²) in [4.78, 5) is 2.41. The predicted octanol–water partition coefficient (Wildman–Crippen LogP) is 2.68. The van der Waals surface area contributed by atoms with Gasteiger partial charge in [-0.05, 0) is 36.5 Å². The monoisotopic (exact) mass is 204 g/mol. The lowest BCUT2D eigenvalue weighted by Gasteiger charge is -2.41. The van der Waals surface area contributed by atoms with Crippen molar-refractivity contribution < 1.29 is 0 Å². The molecule has 1 heterocycles. The lowest BCUT2D eigenvalue weighted by Crippen LogP contribution is -2.46. The summed E-state index contributed by atoms with van der Waals surface area (Å²) in [7, 11) is 0. The number of aryl methyl sites for hydroxylation is 1. The van der Waals surface area contributed by atoms with Crippen LogP contribution in [0.25, 0.3) is 0 Å². The molecule has 0 aliphatic carbocycles. The maximum Gasteiger partial charge on any atom is 0.0387 e. The molecule has 1 saturated heterocycles. The molecule has 1 fully saturated rings. The van der Waals surface area contributed by atoms with Crippen molar-refractivity contribution in [2.75, 3.05) is 23.7 Å². The molecule has 0 saturated carbocycles. The van der Waals surface area contributed by atoms with E-state index >= 15 is 0 Å². The SMILES string of the molecule is CCc1ccc(N2CC(CC)C2)cc1N. The zero-order chi connectivity index (χ0) is 10.8. The van der Waals surface area contributed by atoms with Crippen molar-refractivity contribution >= 4 is 11.4 Å². The molecule has 15 heavy (non-hydrogen) atoms. The summed E-state index contributed by atoms with van der Waals surface area (Å²) in [6, 6.07) is 6.47. The molecule has 2 heteroatoms. The van der Waals surface area contributed by atoms with Gasteiger partial charge in [0.1, 0.15) is 0 Å². The Morgan fingerprint density at radius 2 is 2.07 bits per heavy atom. The summed E-state index contributed by atoms with van der Waals surface area (Å²) in [5.74, 6) is 0.886. The zero-order valence-electron chi connectivity index (χ0n) is 9.66. The second-order valence-electron chi connectivity index (χ2n) is 4.42. The van der Waals surface area contributed by atoms with Crippen LogP contribution in [0, 0.1) is 5.92 Å². The highest BCUT2D eigenvalue weighted by Crippen LogP contribution is 2.29. The molecule has 2 nitrogen and oxygen atoms in total. The quantitative estimate of drug-likeness (QED) is 0.767. The van der Waals surface area contributed by atoms with Crippen LogP contribution in [0.15, 0.2) is 18.2 Å². The first-order valence-electron chi connectivity index (χ1n) is 5.88. The van der Waals surface area contributed by atoms with Gasteiger partial charge in [0.2, 0.25) is 0 Å². The van der Waals surface area contributed by atoms with Gasteiger partial charge < -0.3 is 10.6 Å². The molecule has 0 atom stereocenters. The molecule has 1 aromatic rings. The summed E-state index contributed by atoms with van der Waals surface area (Å²) in [5.41, 5.74) is 9.47. The van der Waals surface area contributed by atoms with Crippen LogP contribution < -0.4 is 10.6 Å². The van der Waals surface area contributed by atoms with Gasteiger partial charge in [-0.15, -0.1) is 0 Å². The third kappa shape index (κ3) is 1.94. The van der Waals surface area contributed by atoms with Crippen LogP contribution in [0.5, 0.6) is 0 Å². The van der Waals surface area contributed by atoms with Crippen LogP contribution in [0.3, 0.4) is 0 Å². The lowest BCUT2D eigenvalue weighted by atomic mass is 9.96. The van der Waals surface area contributed by atoms with Crippen molar-refractivity contribution in [3.8, 4) is 0 Å². The summed E-state index contributed by atoms with van der Waals surface area (Å²) >= 11 is 0. The van der Waals surface area contributed by atoms with Crippen LogP contribution in [0.1, 0.15) is 25.8 Å². The molecule has 1 aliphatic heterocycles. The minimum atomic E-state index is 0.886. The standard InChI is InChI=1S/C13H20N2/c1-3-10-8-15(9-10)12-6-5-11(4-2)13(14)7-12/h5-7,10H,3-4,8-9,14H2,1-2H3. The third-order valence-corrected chi connectivity index (χ3v) is 3.41. The average Bonchev–Trinajstić information content (AvgIpc) is 2.16. The molecular formula is C13H20N2. The van der Waals surface area contributed by atoms with Crippen molar-refractivity contribution in [3.63, 3.8) is 0 Å². The van der Waals surface area contributed by atoms with Gasteiger partial charge in [-0.1, -0.05) is 19.9 Å². The van der Waals surface area contributed by atoms with E-state index in [0.717, 1.165) is 18.0 Å². The minimum Gasteiger partial charge on any atom is -0.398 e. The zero-order valence-corrected chi connectivity index (χ0v) is 9.66. The Hall–Kier alpha value is -1.18. The fourth-order valence-electron chi connectivity index (χ4n) is 2.14. The first kappa shape index (κ1) is 10.3. The van der Waals surface area contributed by atoms with E-state index in [-0.39, 0.29) is 0 Å². The second kappa shape index (κ2) is 4.13. The van der Waals surface area contributed by atoms with Crippen molar-refractivity contribution in [1.29, 1.82) is 0 Å². The van der Waals surface area contributed by atoms with E-state index in [1.165, 1.54) is 30.8 Å². The van der Waals surface area contributed by atoms with Gasteiger partial charge in [-0.2, -0.15) is 0 Å². The molecule has 0 spiro atoms. The maximum absolute atomic E-state index is 5.99. The minimum absolute atomic E-state index is 0.886. The molecule has 82 valence electrons. The number of benzene rings is 1. The Bertz CT molecular complexity index is 340. The highest BCUT2D eigenvalue weighted by atomic mass is 15.2. The third-order valence-electron chi connectivity index (χ3n) is 3.41. The first-order chi connectivity index (χ1) is 7.24. The van der Waals surface area contributed by atoms with E-state index in [9.17, 15) is 0 Å². The average molecular weight is 204 g/mol.